The number of carbonyl (C=O) groups excluding carboxylic acids is 2. The van der Waals surface area contributed by atoms with Gasteiger partial charge in [0.05, 0.1) is 36.9 Å². The fourth-order valence-corrected chi connectivity index (χ4v) is 3.01. The zero-order valence-electron chi connectivity index (χ0n) is 11.2. The minimum Gasteiger partial charge on any atom is -0.388 e. The molecule has 20 heavy (non-hydrogen) atoms. The highest BCUT2D eigenvalue weighted by atomic mass is 32.2. The van der Waals surface area contributed by atoms with Crippen molar-refractivity contribution in [2.45, 2.75) is 12.2 Å². The third-order valence-corrected chi connectivity index (χ3v) is 4.33. The molecule has 0 bridgehead atoms. The number of thioether (sulfide) groups is 1. The van der Waals surface area contributed by atoms with Gasteiger partial charge in [-0.1, -0.05) is 0 Å². The van der Waals surface area contributed by atoms with Gasteiger partial charge < -0.3 is 24.7 Å². The molecule has 2 N–H and O–H groups in total. The molecule has 2 amide bonds. The first-order valence-electron chi connectivity index (χ1n) is 6.65. The molecule has 114 valence electrons. The van der Waals surface area contributed by atoms with Crippen LogP contribution in [-0.2, 0) is 14.3 Å². The molecular weight excluding hydrogens is 284 g/mol. The fraction of sp³-hybridized carbons (Fsp3) is 0.833. The van der Waals surface area contributed by atoms with Crippen LogP contribution in [0.1, 0.15) is 0 Å². The van der Waals surface area contributed by atoms with Crippen LogP contribution >= 0.6 is 11.8 Å². The monoisotopic (exact) mass is 304 g/mol. The van der Waals surface area contributed by atoms with Gasteiger partial charge in [-0.05, 0) is 0 Å². The first-order valence-corrected chi connectivity index (χ1v) is 7.80. The van der Waals surface area contributed by atoms with Gasteiger partial charge in [0.2, 0.25) is 11.8 Å². The molecular formula is C12H20N2O5S. The maximum absolute atomic E-state index is 11.8. The van der Waals surface area contributed by atoms with Crippen LogP contribution in [0.5, 0.6) is 0 Å². The lowest BCUT2D eigenvalue weighted by Crippen LogP contribution is -2.41. The number of morpholine rings is 1. The number of likely N-dealkylation sites (tertiary alicyclic amines) is 1. The van der Waals surface area contributed by atoms with E-state index in [-0.39, 0.29) is 36.4 Å². The lowest BCUT2D eigenvalue weighted by Gasteiger charge is -2.26. The Morgan fingerprint density at radius 3 is 2.05 bits per heavy atom. The van der Waals surface area contributed by atoms with E-state index < -0.39 is 12.2 Å². The van der Waals surface area contributed by atoms with Crippen molar-refractivity contribution in [3.63, 3.8) is 0 Å². The van der Waals surface area contributed by atoms with Gasteiger partial charge in [0, 0.05) is 26.2 Å². The minimum atomic E-state index is -0.862. The van der Waals surface area contributed by atoms with Crippen molar-refractivity contribution in [2.75, 3.05) is 50.9 Å². The highest BCUT2D eigenvalue weighted by Crippen LogP contribution is 2.13. The Bertz CT molecular complexity index is 352. The molecule has 0 aromatic carbocycles. The molecule has 0 aliphatic carbocycles. The van der Waals surface area contributed by atoms with Crippen LogP contribution in [0, 0.1) is 0 Å². The Labute approximate surface area is 121 Å². The largest absolute Gasteiger partial charge is 0.388 e. The number of β-amino-alcohol motifs (C(OH)–C–C–N with tert-alkyl or cyclic N) is 2. The second-order valence-electron chi connectivity index (χ2n) is 4.92. The molecule has 0 aromatic rings. The summed E-state index contributed by atoms with van der Waals surface area (Å²) in [5.74, 6) is 0.327. The van der Waals surface area contributed by atoms with E-state index in [1.165, 1.54) is 16.7 Å². The zero-order chi connectivity index (χ0) is 14.5. The molecule has 2 fully saturated rings. The molecule has 0 radical (unpaired) electrons. The summed E-state index contributed by atoms with van der Waals surface area (Å²) in [4.78, 5) is 26.9. The Hall–Kier alpha value is -0.830. The van der Waals surface area contributed by atoms with E-state index >= 15 is 0 Å². The summed E-state index contributed by atoms with van der Waals surface area (Å²) in [6.45, 7) is 2.68. The van der Waals surface area contributed by atoms with Crippen LogP contribution in [0.25, 0.3) is 0 Å². The van der Waals surface area contributed by atoms with E-state index in [2.05, 4.69) is 0 Å². The number of aliphatic hydroxyl groups excluding tert-OH is 2. The molecule has 2 rings (SSSR count). The van der Waals surface area contributed by atoms with Crippen molar-refractivity contribution in [1.82, 2.24) is 9.80 Å². The Kier molecular flexibility index (Phi) is 5.64. The van der Waals surface area contributed by atoms with E-state index in [1.807, 2.05) is 0 Å². The lowest BCUT2D eigenvalue weighted by molar-refractivity contribution is -0.132. The zero-order valence-corrected chi connectivity index (χ0v) is 12.0. The van der Waals surface area contributed by atoms with Crippen LogP contribution in [0.3, 0.4) is 0 Å². The molecule has 2 aliphatic heterocycles. The van der Waals surface area contributed by atoms with Crippen molar-refractivity contribution in [3.05, 3.63) is 0 Å². The molecule has 2 atom stereocenters. The van der Waals surface area contributed by atoms with E-state index in [1.54, 1.807) is 4.90 Å². The van der Waals surface area contributed by atoms with Crippen LogP contribution in [0.4, 0.5) is 0 Å². The van der Waals surface area contributed by atoms with Gasteiger partial charge in [-0.15, -0.1) is 11.8 Å². The van der Waals surface area contributed by atoms with Crippen LogP contribution < -0.4 is 0 Å². The van der Waals surface area contributed by atoms with Gasteiger partial charge in [-0.3, -0.25) is 9.59 Å². The summed E-state index contributed by atoms with van der Waals surface area (Å²) in [5.41, 5.74) is 0. The first kappa shape index (κ1) is 15.6. The topological polar surface area (TPSA) is 90.3 Å². The van der Waals surface area contributed by atoms with E-state index in [0.29, 0.717) is 26.3 Å². The SMILES string of the molecule is O=C(CSCC(=O)N1CC(O)C(O)C1)N1CCOCC1. The maximum atomic E-state index is 11.8. The van der Waals surface area contributed by atoms with Gasteiger partial charge in [-0.25, -0.2) is 0 Å². The second kappa shape index (κ2) is 7.26. The van der Waals surface area contributed by atoms with Crippen molar-refractivity contribution >= 4 is 23.6 Å². The van der Waals surface area contributed by atoms with Gasteiger partial charge in [-0.2, -0.15) is 0 Å². The number of amides is 2. The number of hydrogen-bond acceptors (Lipinski definition) is 6. The quantitative estimate of drug-likeness (QED) is 0.633. The summed E-state index contributed by atoms with van der Waals surface area (Å²) in [7, 11) is 0. The van der Waals surface area contributed by atoms with Crippen molar-refractivity contribution in [2.24, 2.45) is 0 Å². The Morgan fingerprint density at radius 1 is 1.00 bits per heavy atom. The van der Waals surface area contributed by atoms with Crippen LogP contribution in [0.15, 0.2) is 0 Å². The predicted octanol–water partition coefficient (Wildman–Crippen LogP) is -1.86. The highest BCUT2D eigenvalue weighted by molar-refractivity contribution is 8.00. The molecule has 0 aromatic heterocycles. The molecule has 2 saturated heterocycles. The van der Waals surface area contributed by atoms with Crippen LogP contribution in [0.2, 0.25) is 0 Å². The summed E-state index contributed by atoms with van der Waals surface area (Å²) < 4.78 is 5.17. The third kappa shape index (κ3) is 4.08. The smallest absolute Gasteiger partial charge is 0.232 e. The standard InChI is InChI=1S/C12H20N2O5S/c15-9-5-14(6-10(9)16)12(18)8-20-7-11(17)13-1-3-19-4-2-13/h9-10,15-16H,1-8H2. The number of carbonyl (C=O) groups is 2. The lowest BCUT2D eigenvalue weighted by atomic mass is 10.3. The summed E-state index contributed by atoms with van der Waals surface area (Å²) >= 11 is 1.27. The van der Waals surface area contributed by atoms with E-state index in [4.69, 9.17) is 4.74 Å². The molecule has 7 nitrogen and oxygen atoms in total. The average Bonchev–Trinajstić information content (AvgIpc) is 2.79. The van der Waals surface area contributed by atoms with Crippen molar-refractivity contribution in [3.8, 4) is 0 Å². The maximum Gasteiger partial charge on any atom is 0.232 e. The molecule has 2 heterocycles. The van der Waals surface area contributed by atoms with Crippen molar-refractivity contribution < 1.29 is 24.5 Å². The normalized spacial score (nSPS) is 26.9. The summed E-state index contributed by atoms with van der Waals surface area (Å²) in [6.07, 6.45) is -1.72. The number of nitrogens with zero attached hydrogens (tertiary/aromatic N) is 2. The molecule has 0 saturated carbocycles. The molecule has 8 heteroatoms. The van der Waals surface area contributed by atoms with Gasteiger partial charge in [0.25, 0.3) is 0 Å². The molecule has 2 unspecified atom stereocenters. The third-order valence-electron chi connectivity index (χ3n) is 3.43. The second-order valence-corrected chi connectivity index (χ2v) is 5.90. The molecule has 2 aliphatic rings. The number of hydrogen-bond donors (Lipinski definition) is 2. The minimum absolute atomic E-state index is 0.0209. The number of ether oxygens (including phenoxy) is 1. The fourth-order valence-electron chi connectivity index (χ4n) is 2.19. The predicted molar refractivity (Wildman–Crippen MR) is 73.3 cm³/mol. The van der Waals surface area contributed by atoms with E-state index in [0.717, 1.165) is 0 Å². The Morgan fingerprint density at radius 2 is 1.50 bits per heavy atom. The van der Waals surface area contributed by atoms with Crippen molar-refractivity contribution in [1.29, 1.82) is 0 Å². The first-order chi connectivity index (χ1) is 9.58. The average molecular weight is 304 g/mol. The number of aliphatic hydroxyl groups is 2. The van der Waals surface area contributed by atoms with Gasteiger partial charge >= 0.3 is 0 Å². The number of rotatable bonds is 4. The van der Waals surface area contributed by atoms with Gasteiger partial charge in [0.1, 0.15) is 0 Å². The van der Waals surface area contributed by atoms with Gasteiger partial charge in [0.15, 0.2) is 0 Å². The van der Waals surface area contributed by atoms with E-state index in [9.17, 15) is 19.8 Å². The van der Waals surface area contributed by atoms with Crippen LogP contribution in [-0.4, -0.2) is 94.9 Å². The highest BCUT2D eigenvalue weighted by Gasteiger charge is 2.32. The Balaban J connectivity index is 1.65. The summed E-state index contributed by atoms with van der Waals surface area (Å²) in [6, 6.07) is 0. The summed E-state index contributed by atoms with van der Waals surface area (Å²) in [5, 5.41) is 18.8. The molecule has 0 spiro atoms.